The van der Waals surface area contributed by atoms with Gasteiger partial charge in [0, 0.05) is 24.7 Å². The predicted molar refractivity (Wildman–Crippen MR) is 83.5 cm³/mol. The molecular weight excluding hydrogens is 290 g/mol. The molecule has 1 aliphatic heterocycles. The summed E-state index contributed by atoms with van der Waals surface area (Å²) in [5.74, 6) is 0.00437. The van der Waals surface area contributed by atoms with Gasteiger partial charge in [-0.25, -0.2) is 0 Å². The molecule has 1 unspecified atom stereocenters. The number of nitrogens with one attached hydrogen (secondary N) is 2. The van der Waals surface area contributed by atoms with Crippen molar-refractivity contribution in [1.29, 1.82) is 0 Å². The largest absolute Gasteiger partial charge is 0.379 e. The van der Waals surface area contributed by atoms with Crippen molar-refractivity contribution in [2.45, 2.75) is 6.04 Å². The molecule has 1 fully saturated rings. The Kier molecular flexibility index (Phi) is 6.45. The average molecular weight is 312 g/mol. The second-order valence-electron chi connectivity index (χ2n) is 5.05. The molecule has 2 rings (SSSR count). The summed E-state index contributed by atoms with van der Waals surface area (Å²) in [4.78, 5) is 14.0. The van der Waals surface area contributed by atoms with E-state index in [0.717, 1.165) is 36.9 Å². The minimum atomic E-state index is 0.00437. The van der Waals surface area contributed by atoms with Crippen LogP contribution in [0.4, 0.5) is 0 Å². The molecule has 0 aliphatic carbocycles. The van der Waals surface area contributed by atoms with Gasteiger partial charge in [0.25, 0.3) is 0 Å². The standard InChI is InChI=1S/C15H22ClN3O2/c1-17-11-15(20)18-10-14(19-6-8-21-9-7-19)12-2-4-13(16)5-3-12/h2-5,14,17H,6-11H2,1H3,(H,18,20). The van der Waals surface area contributed by atoms with Crippen LogP contribution in [0.5, 0.6) is 0 Å². The monoisotopic (exact) mass is 311 g/mol. The quantitative estimate of drug-likeness (QED) is 0.824. The van der Waals surface area contributed by atoms with Gasteiger partial charge in [0.2, 0.25) is 5.91 Å². The Hall–Kier alpha value is -1.14. The van der Waals surface area contributed by atoms with Crippen molar-refractivity contribution in [1.82, 2.24) is 15.5 Å². The number of rotatable bonds is 6. The van der Waals surface area contributed by atoms with Crippen molar-refractivity contribution < 1.29 is 9.53 Å². The van der Waals surface area contributed by atoms with Crippen molar-refractivity contribution in [2.24, 2.45) is 0 Å². The van der Waals surface area contributed by atoms with Gasteiger partial charge in [0.05, 0.1) is 25.8 Å². The molecule has 2 N–H and O–H groups in total. The number of nitrogens with zero attached hydrogens (tertiary/aromatic N) is 1. The molecule has 1 amide bonds. The van der Waals surface area contributed by atoms with Crippen LogP contribution in [-0.2, 0) is 9.53 Å². The number of amides is 1. The third-order valence-corrected chi connectivity index (χ3v) is 3.82. The van der Waals surface area contributed by atoms with E-state index in [9.17, 15) is 4.79 Å². The molecule has 0 radical (unpaired) electrons. The molecule has 1 aliphatic rings. The van der Waals surface area contributed by atoms with E-state index in [4.69, 9.17) is 16.3 Å². The first kappa shape index (κ1) is 16.2. The van der Waals surface area contributed by atoms with Gasteiger partial charge in [-0.1, -0.05) is 23.7 Å². The Bertz CT molecular complexity index is 447. The summed E-state index contributed by atoms with van der Waals surface area (Å²) >= 11 is 5.96. The maximum absolute atomic E-state index is 11.7. The summed E-state index contributed by atoms with van der Waals surface area (Å²) in [6, 6.07) is 7.96. The van der Waals surface area contributed by atoms with E-state index in [1.807, 2.05) is 24.3 Å². The second kappa shape index (κ2) is 8.34. The Morgan fingerprint density at radius 1 is 1.33 bits per heavy atom. The molecule has 6 heteroatoms. The van der Waals surface area contributed by atoms with E-state index in [1.54, 1.807) is 7.05 Å². The van der Waals surface area contributed by atoms with Crippen LogP contribution in [0.2, 0.25) is 5.02 Å². The summed E-state index contributed by atoms with van der Waals surface area (Å²) < 4.78 is 5.41. The normalized spacial score (nSPS) is 17.4. The topological polar surface area (TPSA) is 53.6 Å². The summed E-state index contributed by atoms with van der Waals surface area (Å²) in [5.41, 5.74) is 1.16. The zero-order valence-corrected chi connectivity index (χ0v) is 13.0. The Balaban J connectivity index is 2.05. The number of carbonyl (C=O) groups is 1. The van der Waals surface area contributed by atoms with Crippen molar-refractivity contribution >= 4 is 17.5 Å². The van der Waals surface area contributed by atoms with Gasteiger partial charge in [0.15, 0.2) is 0 Å². The summed E-state index contributed by atoms with van der Waals surface area (Å²) in [7, 11) is 1.76. The lowest BCUT2D eigenvalue weighted by Gasteiger charge is -2.35. The van der Waals surface area contributed by atoms with Crippen LogP contribution in [0.3, 0.4) is 0 Å². The van der Waals surface area contributed by atoms with Gasteiger partial charge >= 0.3 is 0 Å². The molecule has 1 aromatic carbocycles. The number of benzene rings is 1. The van der Waals surface area contributed by atoms with Crippen LogP contribution in [0.1, 0.15) is 11.6 Å². The molecule has 21 heavy (non-hydrogen) atoms. The number of hydrogen-bond acceptors (Lipinski definition) is 4. The molecule has 0 saturated carbocycles. The Labute approximate surface area is 130 Å². The predicted octanol–water partition coefficient (Wildman–Crippen LogP) is 1.05. The third-order valence-electron chi connectivity index (χ3n) is 3.57. The first-order valence-electron chi connectivity index (χ1n) is 7.19. The van der Waals surface area contributed by atoms with E-state index in [0.29, 0.717) is 13.1 Å². The zero-order valence-electron chi connectivity index (χ0n) is 12.3. The van der Waals surface area contributed by atoms with Crippen LogP contribution < -0.4 is 10.6 Å². The molecule has 1 atom stereocenters. The highest BCUT2D eigenvalue weighted by Crippen LogP contribution is 2.22. The van der Waals surface area contributed by atoms with E-state index in [1.165, 1.54) is 0 Å². The van der Waals surface area contributed by atoms with Crippen LogP contribution in [0.15, 0.2) is 24.3 Å². The fourth-order valence-electron chi connectivity index (χ4n) is 2.47. The lowest BCUT2D eigenvalue weighted by molar-refractivity contribution is -0.120. The van der Waals surface area contributed by atoms with E-state index < -0.39 is 0 Å². The molecule has 116 valence electrons. The molecule has 0 aromatic heterocycles. The highest BCUT2D eigenvalue weighted by molar-refractivity contribution is 6.30. The van der Waals surface area contributed by atoms with E-state index in [2.05, 4.69) is 15.5 Å². The zero-order chi connectivity index (χ0) is 15.1. The number of hydrogen-bond donors (Lipinski definition) is 2. The Morgan fingerprint density at radius 3 is 2.62 bits per heavy atom. The first-order valence-corrected chi connectivity index (χ1v) is 7.57. The minimum absolute atomic E-state index is 0.00437. The van der Waals surface area contributed by atoms with Crippen molar-refractivity contribution in [3.05, 3.63) is 34.9 Å². The second-order valence-corrected chi connectivity index (χ2v) is 5.49. The molecular formula is C15H22ClN3O2. The van der Waals surface area contributed by atoms with E-state index in [-0.39, 0.29) is 11.9 Å². The van der Waals surface area contributed by atoms with Crippen molar-refractivity contribution in [2.75, 3.05) is 46.4 Å². The maximum Gasteiger partial charge on any atom is 0.234 e. The van der Waals surface area contributed by atoms with Crippen LogP contribution >= 0.6 is 11.6 Å². The number of halogens is 1. The number of ether oxygens (including phenoxy) is 1. The van der Waals surface area contributed by atoms with Crippen LogP contribution in [0.25, 0.3) is 0 Å². The van der Waals surface area contributed by atoms with Gasteiger partial charge in [0.1, 0.15) is 0 Å². The highest BCUT2D eigenvalue weighted by Gasteiger charge is 2.23. The molecule has 1 heterocycles. The van der Waals surface area contributed by atoms with Crippen molar-refractivity contribution in [3.63, 3.8) is 0 Å². The lowest BCUT2D eigenvalue weighted by atomic mass is 10.0. The lowest BCUT2D eigenvalue weighted by Crippen LogP contribution is -2.44. The highest BCUT2D eigenvalue weighted by atomic mass is 35.5. The van der Waals surface area contributed by atoms with Gasteiger partial charge < -0.3 is 15.4 Å². The summed E-state index contributed by atoms with van der Waals surface area (Å²) in [6.45, 7) is 4.12. The van der Waals surface area contributed by atoms with Gasteiger partial charge in [-0.2, -0.15) is 0 Å². The number of carbonyl (C=O) groups excluding carboxylic acids is 1. The maximum atomic E-state index is 11.7. The van der Waals surface area contributed by atoms with Gasteiger partial charge in [-0.15, -0.1) is 0 Å². The first-order chi connectivity index (χ1) is 10.2. The molecule has 0 spiro atoms. The summed E-state index contributed by atoms with van der Waals surface area (Å²) in [6.07, 6.45) is 0. The molecule has 1 aromatic rings. The van der Waals surface area contributed by atoms with Crippen LogP contribution in [-0.4, -0.2) is 57.2 Å². The molecule has 0 bridgehead atoms. The van der Waals surface area contributed by atoms with Crippen LogP contribution in [0, 0.1) is 0 Å². The third kappa shape index (κ3) is 4.97. The SMILES string of the molecule is CNCC(=O)NCC(c1ccc(Cl)cc1)N1CCOCC1. The number of morpholine rings is 1. The molecule has 1 saturated heterocycles. The van der Waals surface area contributed by atoms with Gasteiger partial charge in [-0.3, -0.25) is 9.69 Å². The Morgan fingerprint density at radius 2 is 2.00 bits per heavy atom. The van der Waals surface area contributed by atoms with E-state index >= 15 is 0 Å². The summed E-state index contributed by atoms with van der Waals surface area (Å²) in [5, 5.41) is 6.55. The van der Waals surface area contributed by atoms with Gasteiger partial charge in [-0.05, 0) is 24.7 Å². The number of likely N-dealkylation sites (N-methyl/N-ethyl adjacent to an activating group) is 1. The fourth-order valence-corrected chi connectivity index (χ4v) is 2.59. The fraction of sp³-hybridized carbons (Fsp3) is 0.533. The smallest absolute Gasteiger partial charge is 0.234 e. The van der Waals surface area contributed by atoms with Crippen molar-refractivity contribution in [3.8, 4) is 0 Å². The molecule has 5 nitrogen and oxygen atoms in total. The minimum Gasteiger partial charge on any atom is -0.379 e. The average Bonchev–Trinajstić information content (AvgIpc) is 2.50.